The fraction of sp³-hybridized carbons (Fsp3) is 0.429. The van der Waals surface area contributed by atoms with Gasteiger partial charge in [0.25, 0.3) is 0 Å². The molecule has 90 valence electrons. The Kier molecular flexibility index (Phi) is 4.26. The van der Waals surface area contributed by atoms with Crippen LogP contribution in [0.15, 0.2) is 24.3 Å². The van der Waals surface area contributed by atoms with Crippen molar-refractivity contribution in [2.75, 3.05) is 0 Å². The van der Waals surface area contributed by atoms with Gasteiger partial charge in [-0.25, -0.2) is 0 Å². The summed E-state index contributed by atoms with van der Waals surface area (Å²) in [4.78, 5) is 0. The Balaban J connectivity index is 2.12. The van der Waals surface area contributed by atoms with E-state index in [1.54, 1.807) is 11.3 Å². The molecule has 0 saturated heterocycles. The predicted molar refractivity (Wildman–Crippen MR) is 73.3 cm³/mol. The largest absolute Gasteiger partial charge is 0.147 e. The van der Waals surface area contributed by atoms with Gasteiger partial charge in [0, 0.05) is 12.0 Å². The molecular formula is C14H18N2S. The number of aryl methyl sites for hydroxylation is 2. The second-order valence-electron chi connectivity index (χ2n) is 4.15. The van der Waals surface area contributed by atoms with Gasteiger partial charge in [-0.2, -0.15) is 0 Å². The third-order valence-corrected chi connectivity index (χ3v) is 3.85. The summed E-state index contributed by atoms with van der Waals surface area (Å²) in [6.07, 6.45) is 4.54. The van der Waals surface area contributed by atoms with Crippen molar-refractivity contribution in [1.82, 2.24) is 10.2 Å². The molecule has 1 heterocycles. The fourth-order valence-corrected chi connectivity index (χ4v) is 2.57. The average Bonchev–Trinajstić information content (AvgIpc) is 2.85. The maximum atomic E-state index is 4.26. The highest BCUT2D eigenvalue weighted by atomic mass is 32.1. The van der Waals surface area contributed by atoms with Crippen LogP contribution in [-0.4, -0.2) is 10.2 Å². The van der Waals surface area contributed by atoms with E-state index in [0.29, 0.717) is 0 Å². The Hall–Kier alpha value is -1.22. The molecule has 2 nitrogen and oxygen atoms in total. The standard InChI is InChI=1S/C14H18N2S/c1-3-5-6-13-15-16-14(17-13)12-9-7-11(4-2)8-10-12/h7-10H,3-6H2,1-2H3. The van der Waals surface area contributed by atoms with E-state index in [4.69, 9.17) is 0 Å². The Morgan fingerprint density at radius 2 is 1.82 bits per heavy atom. The van der Waals surface area contributed by atoms with Crippen LogP contribution in [0.25, 0.3) is 10.6 Å². The molecule has 0 spiro atoms. The van der Waals surface area contributed by atoms with Crippen molar-refractivity contribution in [2.45, 2.75) is 39.5 Å². The highest BCUT2D eigenvalue weighted by molar-refractivity contribution is 7.14. The Morgan fingerprint density at radius 3 is 2.47 bits per heavy atom. The summed E-state index contributed by atoms with van der Waals surface area (Å²) in [6.45, 7) is 4.37. The quantitative estimate of drug-likeness (QED) is 0.793. The zero-order valence-corrected chi connectivity index (χ0v) is 11.3. The molecule has 0 fully saturated rings. The molecule has 0 bridgehead atoms. The molecule has 0 unspecified atom stereocenters. The molecule has 3 heteroatoms. The van der Waals surface area contributed by atoms with Crippen molar-refractivity contribution in [3.63, 3.8) is 0 Å². The van der Waals surface area contributed by atoms with Crippen LogP contribution in [0.4, 0.5) is 0 Å². The molecule has 0 amide bonds. The summed E-state index contributed by atoms with van der Waals surface area (Å²) in [5, 5.41) is 10.7. The molecule has 17 heavy (non-hydrogen) atoms. The van der Waals surface area contributed by atoms with Crippen molar-refractivity contribution in [3.05, 3.63) is 34.8 Å². The lowest BCUT2D eigenvalue weighted by atomic mass is 10.1. The van der Waals surface area contributed by atoms with Crippen LogP contribution in [0, 0.1) is 0 Å². The lowest BCUT2D eigenvalue weighted by Gasteiger charge is -1.97. The van der Waals surface area contributed by atoms with Crippen molar-refractivity contribution in [3.8, 4) is 10.6 Å². The number of rotatable bonds is 5. The zero-order chi connectivity index (χ0) is 12.1. The van der Waals surface area contributed by atoms with Crippen LogP contribution in [0.3, 0.4) is 0 Å². The van der Waals surface area contributed by atoms with Crippen LogP contribution in [-0.2, 0) is 12.8 Å². The molecule has 0 saturated carbocycles. The van der Waals surface area contributed by atoms with Crippen molar-refractivity contribution in [1.29, 1.82) is 0 Å². The SMILES string of the molecule is CCCCc1nnc(-c2ccc(CC)cc2)s1. The molecule has 0 radical (unpaired) electrons. The number of hydrogen-bond acceptors (Lipinski definition) is 3. The summed E-state index contributed by atoms with van der Waals surface area (Å²) < 4.78 is 0. The molecular weight excluding hydrogens is 228 g/mol. The number of nitrogens with zero attached hydrogens (tertiary/aromatic N) is 2. The Morgan fingerprint density at radius 1 is 1.06 bits per heavy atom. The van der Waals surface area contributed by atoms with Crippen LogP contribution >= 0.6 is 11.3 Å². The molecule has 0 N–H and O–H groups in total. The van der Waals surface area contributed by atoms with Gasteiger partial charge in [-0.05, 0) is 18.4 Å². The van der Waals surface area contributed by atoms with Gasteiger partial charge in [-0.3, -0.25) is 0 Å². The lowest BCUT2D eigenvalue weighted by molar-refractivity contribution is 0.780. The third-order valence-electron chi connectivity index (χ3n) is 2.82. The first-order valence-corrected chi connectivity index (χ1v) is 7.06. The summed E-state index contributed by atoms with van der Waals surface area (Å²) in [5.41, 5.74) is 2.55. The molecule has 0 atom stereocenters. The molecule has 1 aromatic carbocycles. The van der Waals surface area contributed by atoms with Gasteiger partial charge in [-0.15, -0.1) is 10.2 Å². The van der Waals surface area contributed by atoms with E-state index in [2.05, 4.69) is 48.3 Å². The number of benzene rings is 1. The van der Waals surface area contributed by atoms with E-state index < -0.39 is 0 Å². The monoisotopic (exact) mass is 246 g/mol. The van der Waals surface area contributed by atoms with Crippen molar-refractivity contribution in [2.24, 2.45) is 0 Å². The molecule has 0 aliphatic heterocycles. The van der Waals surface area contributed by atoms with Gasteiger partial charge in [0.2, 0.25) is 0 Å². The number of aromatic nitrogens is 2. The minimum absolute atomic E-state index is 1.04. The summed E-state index contributed by atoms with van der Waals surface area (Å²) in [5.74, 6) is 0. The van der Waals surface area contributed by atoms with Crippen molar-refractivity contribution < 1.29 is 0 Å². The Bertz CT molecular complexity index is 459. The van der Waals surface area contributed by atoms with E-state index in [-0.39, 0.29) is 0 Å². The lowest BCUT2D eigenvalue weighted by Crippen LogP contribution is -1.82. The van der Waals surface area contributed by atoms with Crippen LogP contribution in [0.5, 0.6) is 0 Å². The van der Waals surface area contributed by atoms with E-state index in [9.17, 15) is 0 Å². The number of unbranched alkanes of at least 4 members (excludes halogenated alkanes) is 1. The van der Waals surface area contributed by atoms with Crippen molar-refractivity contribution >= 4 is 11.3 Å². The predicted octanol–water partition coefficient (Wildman–Crippen LogP) is 4.11. The number of hydrogen-bond donors (Lipinski definition) is 0. The third kappa shape index (κ3) is 3.13. The average molecular weight is 246 g/mol. The van der Waals surface area contributed by atoms with Gasteiger partial charge in [0.05, 0.1) is 0 Å². The van der Waals surface area contributed by atoms with E-state index >= 15 is 0 Å². The summed E-state index contributed by atoms with van der Waals surface area (Å²) >= 11 is 1.72. The molecule has 0 aliphatic rings. The van der Waals surface area contributed by atoms with Gasteiger partial charge < -0.3 is 0 Å². The topological polar surface area (TPSA) is 25.8 Å². The van der Waals surface area contributed by atoms with E-state index in [0.717, 1.165) is 22.9 Å². The summed E-state index contributed by atoms with van der Waals surface area (Å²) in [6, 6.07) is 8.62. The van der Waals surface area contributed by atoms with Crippen LogP contribution in [0.1, 0.15) is 37.3 Å². The van der Waals surface area contributed by atoms with Gasteiger partial charge in [-0.1, -0.05) is 55.9 Å². The van der Waals surface area contributed by atoms with Gasteiger partial charge >= 0.3 is 0 Å². The second kappa shape index (κ2) is 5.92. The van der Waals surface area contributed by atoms with E-state index in [1.807, 2.05) is 0 Å². The molecule has 1 aromatic heterocycles. The minimum atomic E-state index is 1.04. The minimum Gasteiger partial charge on any atom is -0.143 e. The van der Waals surface area contributed by atoms with Crippen LogP contribution < -0.4 is 0 Å². The van der Waals surface area contributed by atoms with E-state index in [1.165, 1.54) is 24.0 Å². The molecule has 0 aliphatic carbocycles. The van der Waals surface area contributed by atoms with Crippen LogP contribution in [0.2, 0.25) is 0 Å². The first-order valence-electron chi connectivity index (χ1n) is 6.25. The molecule has 2 rings (SSSR count). The maximum absolute atomic E-state index is 4.26. The highest BCUT2D eigenvalue weighted by Crippen LogP contribution is 2.24. The second-order valence-corrected chi connectivity index (χ2v) is 5.22. The normalized spacial score (nSPS) is 10.7. The summed E-state index contributed by atoms with van der Waals surface area (Å²) in [7, 11) is 0. The maximum Gasteiger partial charge on any atom is 0.147 e. The first kappa shape index (κ1) is 12.2. The Labute approximate surface area is 107 Å². The highest BCUT2D eigenvalue weighted by Gasteiger charge is 2.05. The zero-order valence-electron chi connectivity index (χ0n) is 10.4. The van der Waals surface area contributed by atoms with Gasteiger partial charge in [0.1, 0.15) is 10.0 Å². The molecule has 2 aromatic rings. The fourth-order valence-electron chi connectivity index (χ4n) is 1.68. The van der Waals surface area contributed by atoms with Gasteiger partial charge in [0.15, 0.2) is 0 Å². The smallest absolute Gasteiger partial charge is 0.143 e. The first-order chi connectivity index (χ1) is 8.33.